The molecule has 2 aliphatic carbocycles. The molecule has 0 bridgehead atoms. The minimum absolute atomic E-state index is 0.0868. The highest BCUT2D eigenvalue weighted by molar-refractivity contribution is 7.82. The van der Waals surface area contributed by atoms with E-state index in [2.05, 4.69) is 24.3 Å². The number of nitrogens with one attached hydrogen (secondary N) is 1. The lowest BCUT2D eigenvalue weighted by Gasteiger charge is -2.20. The average molecular weight is 477 g/mol. The van der Waals surface area contributed by atoms with Gasteiger partial charge in [-0.15, -0.1) is 0 Å². The third-order valence-electron chi connectivity index (χ3n) is 6.25. The van der Waals surface area contributed by atoms with Crippen LogP contribution in [0.25, 0.3) is 0 Å². The Morgan fingerprint density at radius 3 is 2.45 bits per heavy atom. The number of aliphatic hydroxyl groups is 1. The summed E-state index contributed by atoms with van der Waals surface area (Å²) in [7, 11) is -1.61. The highest BCUT2D eigenvalue weighted by atomic mass is 32.2. The minimum Gasteiger partial charge on any atom is -0.384 e. The summed E-state index contributed by atoms with van der Waals surface area (Å²) in [6.45, 7) is 11.6. The van der Waals surface area contributed by atoms with Gasteiger partial charge >= 0.3 is 6.03 Å². The SMILES string of the molecule is CC(C)n1nc(S(N)=O)cc1C(C)(C)O.CC1(C)CCc2c1nc1c(c2NC(N)=O)CCC1. The number of fused-ring (bicyclic) bond motifs is 2. The van der Waals surface area contributed by atoms with Crippen LogP contribution in [0.1, 0.15) is 88.6 Å². The van der Waals surface area contributed by atoms with Crippen LogP contribution in [0.5, 0.6) is 0 Å². The number of pyridine rings is 1. The summed E-state index contributed by atoms with van der Waals surface area (Å²) in [5, 5.41) is 22.4. The van der Waals surface area contributed by atoms with Crippen LogP contribution in [0.2, 0.25) is 0 Å². The third-order valence-corrected chi connectivity index (χ3v) is 6.86. The molecule has 2 aromatic heterocycles. The van der Waals surface area contributed by atoms with E-state index in [1.54, 1.807) is 24.6 Å². The third kappa shape index (κ3) is 5.28. The van der Waals surface area contributed by atoms with E-state index < -0.39 is 22.6 Å². The second-order valence-electron chi connectivity index (χ2n) is 10.2. The lowest BCUT2D eigenvalue weighted by molar-refractivity contribution is 0.0669. The maximum Gasteiger partial charge on any atom is 0.316 e. The number of urea groups is 1. The molecule has 2 aromatic rings. The summed E-state index contributed by atoms with van der Waals surface area (Å²) < 4.78 is 12.7. The van der Waals surface area contributed by atoms with Crippen molar-refractivity contribution in [2.24, 2.45) is 10.9 Å². The molecule has 0 aromatic carbocycles. The molecular weight excluding hydrogens is 440 g/mol. The average Bonchev–Trinajstić information content (AvgIpc) is 3.39. The molecule has 0 spiro atoms. The van der Waals surface area contributed by atoms with E-state index in [-0.39, 0.29) is 11.5 Å². The second kappa shape index (κ2) is 9.15. The summed E-state index contributed by atoms with van der Waals surface area (Å²) in [5.74, 6) is 0. The molecule has 0 fully saturated rings. The zero-order valence-electron chi connectivity index (χ0n) is 20.4. The molecule has 1 unspecified atom stereocenters. The lowest BCUT2D eigenvalue weighted by Crippen LogP contribution is -2.22. The first kappa shape index (κ1) is 25.3. The molecule has 2 amide bonds. The number of carbonyl (C=O) groups is 1. The fourth-order valence-electron chi connectivity index (χ4n) is 4.58. The number of primary amides is 1. The fraction of sp³-hybridized carbons (Fsp3) is 0.609. The van der Waals surface area contributed by atoms with E-state index in [0.717, 1.165) is 49.2 Å². The molecule has 33 heavy (non-hydrogen) atoms. The Bertz CT molecular complexity index is 1080. The summed E-state index contributed by atoms with van der Waals surface area (Å²) in [5.41, 5.74) is 10.7. The first-order valence-corrected chi connectivity index (χ1v) is 12.5. The van der Waals surface area contributed by atoms with Crippen molar-refractivity contribution < 1.29 is 14.1 Å². The van der Waals surface area contributed by atoms with E-state index in [9.17, 15) is 14.1 Å². The van der Waals surface area contributed by atoms with Gasteiger partial charge in [0.15, 0.2) is 5.03 Å². The van der Waals surface area contributed by atoms with Gasteiger partial charge in [0.1, 0.15) is 16.6 Å². The summed E-state index contributed by atoms with van der Waals surface area (Å²) in [4.78, 5) is 16.1. The molecule has 4 rings (SSSR count). The number of amides is 2. The van der Waals surface area contributed by atoms with Gasteiger partial charge in [-0.3, -0.25) is 9.67 Å². The van der Waals surface area contributed by atoms with Gasteiger partial charge in [-0.05, 0) is 70.9 Å². The van der Waals surface area contributed by atoms with E-state index in [4.69, 9.17) is 15.9 Å². The normalized spacial score (nSPS) is 17.2. The molecule has 10 heteroatoms. The van der Waals surface area contributed by atoms with Crippen molar-refractivity contribution in [3.05, 3.63) is 34.3 Å². The Labute approximate surface area is 197 Å². The van der Waals surface area contributed by atoms with E-state index in [0.29, 0.717) is 10.7 Å². The number of hydrogen-bond acceptors (Lipinski definition) is 5. The molecule has 182 valence electrons. The van der Waals surface area contributed by atoms with Gasteiger partial charge in [-0.1, -0.05) is 13.8 Å². The van der Waals surface area contributed by atoms with E-state index in [1.165, 1.54) is 11.1 Å². The second-order valence-corrected chi connectivity index (χ2v) is 11.2. The molecule has 2 aliphatic rings. The van der Waals surface area contributed by atoms with Crippen LogP contribution < -0.4 is 16.2 Å². The van der Waals surface area contributed by atoms with Gasteiger partial charge in [0.05, 0.1) is 17.1 Å². The smallest absolute Gasteiger partial charge is 0.316 e. The van der Waals surface area contributed by atoms with Gasteiger partial charge in [0.25, 0.3) is 0 Å². The van der Waals surface area contributed by atoms with E-state index in [1.807, 2.05) is 13.8 Å². The molecule has 9 nitrogen and oxygen atoms in total. The Hall–Kier alpha value is -2.30. The zero-order valence-corrected chi connectivity index (χ0v) is 21.2. The van der Waals surface area contributed by atoms with Crippen molar-refractivity contribution in [1.29, 1.82) is 0 Å². The van der Waals surface area contributed by atoms with E-state index >= 15 is 0 Å². The highest BCUT2D eigenvalue weighted by Crippen LogP contribution is 2.44. The molecule has 0 saturated carbocycles. The first-order valence-electron chi connectivity index (χ1n) is 11.3. The highest BCUT2D eigenvalue weighted by Gasteiger charge is 2.36. The van der Waals surface area contributed by atoms with Crippen LogP contribution in [-0.2, 0) is 41.3 Å². The number of nitrogens with two attached hydrogens (primary N) is 2. The largest absolute Gasteiger partial charge is 0.384 e. The fourth-order valence-corrected chi connectivity index (χ4v) is 4.97. The maximum atomic E-state index is 11.2. The molecule has 1 atom stereocenters. The lowest BCUT2D eigenvalue weighted by atomic mass is 9.90. The van der Waals surface area contributed by atoms with Gasteiger partial charge < -0.3 is 16.2 Å². The number of rotatable bonds is 4. The van der Waals surface area contributed by atoms with Crippen molar-refractivity contribution in [1.82, 2.24) is 14.8 Å². The Kier molecular flexibility index (Phi) is 7.02. The van der Waals surface area contributed by atoms with Crippen LogP contribution in [-0.4, -0.2) is 30.1 Å². The predicted octanol–water partition coefficient (Wildman–Crippen LogP) is 2.96. The molecule has 2 heterocycles. The van der Waals surface area contributed by atoms with Crippen molar-refractivity contribution >= 4 is 22.7 Å². The molecule has 6 N–H and O–H groups in total. The quantitative estimate of drug-likeness (QED) is 0.535. The Balaban J connectivity index is 0.000000190. The first-order chi connectivity index (χ1) is 15.2. The van der Waals surface area contributed by atoms with Crippen LogP contribution in [0.15, 0.2) is 11.1 Å². The van der Waals surface area contributed by atoms with Crippen molar-refractivity contribution in [2.75, 3.05) is 5.32 Å². The Morgan fingerprint density at radius 2 is 1.94 bits per heavy atom. The van der Waals surface area contributed by atoms with Crippen LogP contribution in [0.4, 0.5) is 10.5 Å². The topological polar surface area (TPSA) is 149 Å². The van der Waals surface area contributed by atoms with Crippen molar-refractivity contribution in [3.8, 4) is 0 Å². The van der Waals surface area contributed by atoms with Gasteiger partial charge in [0.2, 0.25) is 0 Å². The van der Waals surface area contributed by atoms with Crippen molar-refractivity contribution in [3.63, 3.8) is 0 Å². The number of carbonyl (C=O) groups excluding carboxylic acids is 1. The molecule has 0 saturated heterocycles. The number of anilines is 1. The monoisotopic (exact) mass is 476 g/mol. The zero-order chi connectivity index (χ0) is 24.7. The minimum atomic E-state index is -1.61. The predicted molar refractivity (Wildman–Crippen MR) is 129 cm³/mol. The van der Waals surface area contributed by atoms with Crippen LogP contribution >= 0.6 is 0 Å². The van der Waals surface area contributed by atoms with Crippen LogP contribution in [0.3, 0.4) is 0 Å². The van der Waals surface area contributed by atoms with Gasteiger partial charge in [0, 0.05) is 23.2 Å². The molecule has 0 aliphatic heterocycles. The molecular formula is C23H36N6O3S. The standard InChI is InChI=1S/C14H19N3O.C9H17N3O2S/c1-14(2)7-6-9-11(17-13(15)18)8-4-3-5-10(8)16-12(9)14;1-6(2)12-7(9(3,4)13)5-8(11-12)15(10)14/h3-7H2,1-2H3,(H3,15,16,17,18);5-6,13H,10H2,1-4H3. The van der Waals surface area contributed by atoms with Crippen molar-refractivity contribution in [2.45, 2.75) is 95.7 Å². The summed E-state index contributed by atoms with van der Waals surface area (Å²) in [6.07, 6.45) is 5.22. The number of nitrogens with zero attached hydrogens (tertiary/aromatic N) is 3. The maximum absolute atomic E-state index is 11.2. The number of aryl methyl sites for hydroxylation is 1. The van der Waals surface area contributed by atoms with Gasteiger partial charge in [-0.2, -0.15) is 5.10 Å². The number of aromatic nitrogens is 3. The summed E-state index contributed by atoms with van der Waals surface area (Å²) >= 11 is 0. The molecule has 0 radical (unpaired) electrons. The number of hydrogen-bond donors (Lipinski definition) is 4. The van der Waals surface area contributed by atoms with Gasteiger partial charge in [-0.25, -0.2) is 14.1 Å². The Morgan fingerprint density at radius 1 is 1.27 bits per heavy atom. The summed E-state index contributed by atoms with van der Waals surface area (Å²) in [6, 6.07) is 1.20. The van der Waals surface area contributed by atoms with Crippen LogP contribution in [0, 0.1) is 0 Å².